The van der Waals surface area contributed by atoms with Crippen molar-refractivity contribution in [3.05, 3.63) is 34.9 Å². The van der Waals surface area contributed by atoms with Crippen molar-refractivity contribution in [2.45, 2.75) is 37.8 Å². The van der Waals surface area contributed by atoms with Gasteiger partial charge in [-0.3, -0.25) is 4.90 Å². The van der Waals surface area contributed by atoms with E-state index in [0.717, 1.165) is 36.9 Å². The van der Waals surface area contributed by atoms with Crippen LogP contribution in [0.3, 0.4) is 0 Å². The topological polar surface area (TPSA) is 74.1 Å². The lowest BCUT2D eigenvalue weighted by Gasteiger charge is -2.39. The predicted octanol–water partition coefficient (Wildman–Crippen LogP) is 2.85. The van der Waals surface area contributed by atoms with Gasteiger partial charge in [0.2, 0.25) is 11.9 Å². The fourth-order valence-corrected chi connectivity index (χ4v) is 4.30. The molecule has 24 heavy (non-hydrogen) atoms. The summed E-state index contributed by atoms with van der Waals surface area (Å²) in [6, 6.07) is 9.45. The van der Waals surface area contributed by atoms with Gasteiger partial charge in [-0.05, 0) is 49.9 Å². The Bertz CT molecular complexity index is 694. The third kappa shape index (κ3) is 3.08. The molecule has 0 aliphatic carbocycles. The zero-order valence-electron chi connectivity index (χ0n) is 13.7. The smallest absolute Gasteiger partial charge is 0.246 e. The third-order valence-electron chi connectivity index (χ3n) is 5.23. The van der Waals surface area contributed by atoms with Crippen LogP contribution in [0.5, 0.6) is 0 Å². The molecule has 7 heteroatoms. The van der Waals surface area contributed by atoms with Crippen molar-refractivity contribution in [2.24, 2.45) is 0 Å². The Labute approximate surface area is 147 Å². The second-order valence-electron chi connectivity index (χ2n) is 6.69. The number of H-pyrrole nitrogens is 1. The first-order valence-corrected chi connectivity index (χ1v) is 9.02. The first-order chi connectivity index (χ1) is 11.7. The molecule has 2 aromatic rings. The summed E-state index contributed by atoms with van der Waals surface area (Å²) in [6.45, 7) is 3.12. The monoisotopic (exact) mass is 346 g/mol. The van der Waals surface area contributed by atoms with Gasteiger partial charge in [0.15, 0.2) is 0 Å². The van der Waals surface area contributed by atoms with Crippen LogP contribution in [0.4, 0.5) is 11.9 Å². The molecule has 0 spiro atoms. The number of piperidine rings is 1. The lowest BCUT2D eigenvalue weighted by molar-refractivity contribution is 0.154. The maximum atomic E-state index is 6.19. The predicted molar refractivity (Wildman–Crippen MR) is 96.2 cm³/mol. The van der Waals surface area contributed by atoms with Crippen LogP contribution in [-0.2, 0) is 0 Å². The van der Waals surface area contributed by atoms with Gasteiger partial charge in [-0.2, -0.15) is 4.98 Å². The number of rotatable bonds is 3. The Balaban J connectivity index is 1.43. The van der Waals surface area contributed by atoms with Crippen LogP contribution in [0.15, 0.2) is 24.3 Å². The number of nitrogen functional groups attached to an aromatic ring is 1. The van der Waals surface area contributed by atoms with Crippen LogP contribution >= 0.6 is 11.6 Å². The van der Waals surface area contributed by atoms with E-state index in [-0.39, 0.29) is 0 Å². The van der Waals surface area contributed by atoms with E-state index in [1.54, 1.807) is 0 Å². The van der Waals surface area contributed by atoms with Crippen LogP contribution in [0.25, 0.3) is 0 Å². The Morgan fingerprint density at radius 3 is 2.71 bits per heavy atom. The molecule has 2 aliphatic heterocycles. The number of nitrogens with one attached hydrogen (secondary N) is 1. The maximum Gasteiger partial charge on any atom is 0.246 e. The van der Waals surface area contributed by atoms with Crippen molar-refractivity contribution in [2.75, 3.05) is 30.3 Å². The number of nitrogens with two attached hydrogens (primary N) is 1. The largest absolute Gasteiger partial charge is 0.368 e. The molecule has 1 aromatic heterocycles. The highest BCUT2D eigenvalue weighted by atomic mass is 35.5. The quantitative estimate of drug-likeness (QED) is 0.894. The first kappa shape index (κ1) is 15.7. The average Bonchev–Trinajstić information content (AvgIpc) is 3.24. The summed E-state index contributed by atoms with van der Waals surface area (Å²) in [4.78, 5) is 9.13. The first-order valence-electron chi connectivity index (χ1n) is 8.65. The maximum absolute atomic E-state index is 6.19. The number of hydrogen-bond donors (Lipinski definition) is 2. The number of aromatic amines is 1. The van der Waals surface area contributed by atoms with Crippen molar-refractivity contribution in [1.29, 1.82) is 0 Å². The Kier molecular flexibility index (Phi) is 4.33. The molecule has 4 rings (SSSR count). The van der Waals surface area contributed by atoms with E-state index in [4.69, 9.17) is 17.3 Å². The van der Waals surface area contributed by atoms with E-state index in [9.17, 15) is 0 Å². The standard InChI is InChI=1S/C17H23ClN6/c18-13-4-1-3-12(11-13)15-5-2-8-24(15)14-6-9-23(10-7-14)17-20-16(19)21-22-17/h1,3-4,11,14-15H,2,5-10H2,(H3,19,20,21,22)/t15-/m1/s1. The van der Waals surface area contributed by atoms with Gasteiger partial charge < -0.3 is 10.6 Å². The number of likely N-dealkylation sites (tertiary alicyclic amines) is 1. The zero-order chi connectivity index (χ0) is 16.5. The number of aromatic nitrogens is 3. The van der Waals surface area contributed by atoms with Crippen molar-refractivity contribution < 1.29 is 0 Å². The fraction of sp³-hybridized carbons (Fsp3) is 0.529. The molecule has 0 saturated carbocycles. The third-order valence-corrected chi connectivity index (χ3v) is 5.47. The SMILES string of the molecule is Nc1nc(N2CCC(N3CCC[C@@H]3c3cccc(Cl)c3)CC2)n[nH]1. The van der Waals surface area contributed by atoms with Gasteiger partial charge in [-0.15, -0.1) is 5.10 Å². The van der Waals surface area contributed by atoms with Gasteiger partial charge in [-0.1, -0.05) is 23.7 Å². The highest BCUT2D eigenvalue weighted by Gasteiger charge is 2.34. The normalized spacial score (nSPS) is 23.0. The van der Waals surface area contributed by atoms with E-state index < -0.39 is 0 Å². The lowest BCUT2D eigenvalue weighted by Crippen LogP contribution is -2.45. The molecule has 1 aromatic carbocycles. The minimum Gasteiger partial charge on any atom is -0.368 e. The molecule has 2 saturated heterocycles. The lowest BCUT2D eigenvalue weighted by atomic mass is 9.99. The minimum atomic E-state index is 0.382. The molecule has 0 radical (unpaired) electrons. The second-order valence-corrected chi connectivity index (χ2v) is 7.13. The summed E-state index contributed by atoms with van der Waals surface area (Å²) < 4.78 is 0. The van der Waals surface area contributed by atoms with Crippen molar-refractivity contribution in [1.82, 2.24) is 20.1 Å². The molecule has 2 aliphatic rings. The number of benzene rings is 1. The van der Waals surface area contributed by atoms with E-state index in [1.807, 2.05) is 6.07 Å². The van der Waals surface area contributed by atoms with E-state index in [1.165, 1.54) is 24.9 Å². The molecular weight excluding hydrogens is 324 g/mol. The molecule has 128 valence electrons. The van der Waals surface area contributed by atoms with Crippen LogP contribution in [0, 0.1) is 0 Å². The molecule has 1 atom stereocenters. The summed E-state index contributed by atoms with van der Waals surface area (Å²) >= 11 is 6.19. The summed E-state index contributed by atoms with van der Waals surface area (Å²) in [5, 5.41) is 7.72. The minimum absolute atomic E-state index is 0.382. The molecule has 0 unspecified atom stereocenters. The van der Waals surface area contributed by atoms with Crippen molar-refractivity contribution in [3.63, 3.8) is 0 Å². The molecule has 0 bridgehead atoms. The Morgan fingerprint density at radius 1 is 1.17 bits per heavy atom. The van der Waals surface area contributed by atoms with Gasteiger partial charge in [0.25, 0.3) is 0 Å². The van der Waals surface area contributed by atoms with Gasteiger partial charge in [0.1, 0.15) is 0 Å². The number of anilines is 2. The molecule has 0 amide bonds. The fourth-order valence-electron chi connectivity index (χ4n) is 4.10. The van der Waals surface area contributed by atoms with Gasteiger partial charge in [-0.25, -0.2) is 5.10 Å². The molecule has 6 nitrogen and oxygen atoms in total. The van der Waals surface area contributed by atoms with Gasteiger partial charge in [0, 0.05) is 30.2 Å². The number of hydrogen-bond acceptors (Lipinski definition) is 5. The summed E-state index contributed by atoms with van der Waals surface area (Å²) in [5.41, 5.74) is 6.98. The van der Waals surface area contributed by atoms with Gasteiger partial charge in [0.05, 0.1) is 0 Å². The molecule has 2 fully saturated rings. The Morgan fingerprint density at radius 2 is 2.00 bits per heavy atom. The molecule has 3 N–H and O–H groups in total. The molecular formula is C17H23ClN6. The van der Waals surface area contributed by atoms with Crippen LogP contribution in [0.2, 0.25) is 5.02 Å². The highest BCUT2D eigenvalue weighted by molar-refractivity contribution is 6.30. The van der Waals surface area contributed by atoms with E-state index in [2.05, 4.69) is 43.2 Å². The Hall–Kier alpha value is -1.79. The highest BCUT2D eigenvalue weighted by Crippen LogP contribution is 2.37. The van der Waals surface area contributed by atoms with Crippen molar-refractivity contribution in [3.8, 4) is 0 Å². The van der Waals surface area contributed by atoms with Crippen molar-refractivity contribution >= 4 is 23.5 Å². The average molecular weight is 347 g/mol. The number of halogens is 1. The summed E-state index contributed by atoms with van der Waals surface area (Å²) in [7, 11) is 0. The zero-order valence-corrected chi connectivity index (χ0v) is 14.4. The second kappa shape index (κ2) is 6.61. The summed E-state index contributed by atoms with van der Waals surface area (Å²) in [5.74, 6) is 1.10. The number of nitrogens with zero attached hydrogens (tertiary/aromatic N) is 4. The van der Waals surface area contributed by atoms with E-state index in [0.29, 0.717) is 18.0 Å². The van der Waals surface area contributed by atoms with E-state index >= 15 is 0 Å². The van der Waals surface area contributed by atoms with Crippen LogP contribution in [0.1, 0.15) is 37.3 Å². The summed E-state index contributed by atoms with van der Waals surface area (Å²) in [6.07, 6.45) is 4.74. The van der Waals surface area contributed by atoms with Gasteiger partial charge >= 0.3 is 0 Å². The van der Waals surface area contributed by atoms with Crippen LogP contribution in [-0.4, -0.2) is 45.8 Å². The van der Waals surface area contributed by atoms with Crippen LogP contribution < -0.4 is 10.6 Å². The molecule has 3 heterocycles.